The SMILES string of the molecule is COP(=O)(c1ccc(C)cc1C)N(c1cc(C#CC(C)(C)C)sc1C(=O)O)C(C)C. The van der Waals surface area contributed by atoms with E-state index in [0.29, 0.717) is 15.9 Å². The number of aryl methyl sites for hydroxylation is 2. The van der Waals surface area contributed by atoms with Crippen molar-refractivity contribution in [1.29, 1.82) is 0 Å². The summed E-state index contributed by atoms with van der Waals surface area (Å²) in [6.45, 7) is 13.6. The van der Waals surface area contributed by atoms with Gasteiger partial charge in [-0.15, -0.1) is 11.3 Å². The van der Waals surface area contributed by atoms with Crippen LogP contribution in [-0.2, 0) is 9.09 Å². The first kappa shape index (κ1) is 24.2. The number of carboxylic acid groups (broad SMARTS) is 1. The molecule has 0 radical (unpaired) electrons. The summed E-state index contributed by atoms with van der Waals surface area (Å²) in [6, 6.07) is 7.08. The molecule has 0 fully saturated rings. The molecule has 7 heteroatoms. The van der Waals surface area contributed by atoms with E-state index in [1.807, 2.05) is 60.6 Å². The van der Waals surface area contributed by atoms with E-state index in [2.05, 4.69) is 11.8 Å². The molecular formula is C23H30NO4PS. The van der Waals surface area contributed by atoms with E-state index in [0.717, 1.165) is 22.5 Å². The highest BCUT2D eigenvalue weighted by Gasteiger charge is 2.39. The van der Waals surface area contributed by atoms with Crippen molar-refractivity contribution in [2.45, 2.75) is 54.5 Å². The van der Waals surface area contributed by atoms with Crippen molar-refractivity contribution in [3.05, 3.63) is 45.1 Å². The van der Waals surface area contributed by atoms with Crippen LogP contribution in [0, 0.1) is 31.1 Å². The number of rotatable bonds is 6. The van der Waals surface area contributed by atoms with Crippen molar-refractivity contribution in [1.82, 2.24) is 0 Å². The zero-order valence-electron chi connectivity index (χ0n) is 18.9. The minimum atomic E-state index is -3.57. The molecule has 1 aromatic heterocycles. The average molecular weight is 448 g/mol. The molecule has 2 aromatic rings. The number of nitrogens with zero attached hydrogens (tertiary/aromatic N) is 1. The first-order valence-corrected chi connectivity index (χ1v) is 12.1. The Morgan fingerprint density at radius 2 is 1.87 bits per heavy atom. The van der Waals surface area contributed by atoms with E-state index >= 15 is 0 Å². The Kier molecular flexibility index (Phi) is 7.24. The minimum Gasteiger partial charge on any atom is -0.477 e. The van der Waals surface area contributed by atoms with Crippen LogP contribution in [0.1, 0.15) is 60.3 Å². The van der Waals surface area contributed by atoms with Crippen LogP contribution in [0.15, 0.2) is 24.3 Å². The lowest BCUT2D eigenvalue weighted by molar-refractivity contribution is 0.0703. The molecule has 0 saturated heterocycles. The molecule has 1 unspecified atom stereocenters. The van der Waals surface area contributed by atoms with Crippen molar-refractivity contribution >= 4 is 35.8 Å². The van der Waals surface area contributed by atoms with Gasteiger partial charge in [-0.05, 0) is 66.2 Å². The summed E-state index contributed by atoms with van der Waals surface area (Å²) in [7, 11) is -2.17. The van der Waals surface area contributed by atoms with Gasteiger partial charge >= 0.3 is 13.5 Å². The smallest absolute Gasteiger partial charge is 0.348 e. The van der Waals surface area contributed by atoms with E-state index in [1.165, 1.54) is 7.11 Å². The predicted octanol–water partition coefficient (Wildman–Crippen LogP) is 5.84. The lowest BCUT2D eigenvalue weighted by Gasteiger charge is -2.35. The van der Waals surface area contributed by atoms with E-state index in [4.69, 9.17) is 4.52 Å². The third kappa shape index (κ3) is 5.16. The average Bonchev–Trinajstić information content (AvgIpc) is 3.03. The number of hydrogen-bond acceptors (Lipinski definition) is 4. The summed E-state index contributed by atoms with van der Waals surface area (Å²) in [6.07, 6.45) is 0. The molecule has 162 valence electrons. The van der Waals surface area contributed by atoms with Crippen molar-refractivity contribution < 1.29 is 19.0 Å². The second-order valence-electron chi connectivity index (χ2n) is 8.56. The van der Waals surface area contributed by atoms with E-state index in [-0.39, 0.29) is 16.3 Å². The number of hydrogen-bond donors (Lipinski definition) is 1. The summed E-state index contributed by atoms with van der Waals surface area (Å²) in [5.41, 5.74) is 2.04. The molecular weight excluding hydrogens is 417 g/mol. The van der Waals surface area contributed by atoms with Crippen molar-refractivity contribution in [2.75, 3.05) is 11.8 Å². The van der Waals surface area contributed by atoms with Gasteiger partial charge < -0.3 is 9.63 Å². The molecule has 0 amide bonds. The van der Waals surface area contributed by atoms with Gasteiger partial charge in [0.25, 0.3) is 0 Å². The number of aromatic carboxylic acids is 1. The highest BCUT2D eigenvalue weighted by molar-refractivity contribution is 7.68. The monoisotopic (exact) mass is 447 g/mol. The lowest BCUT2D eigenvalue weighted by Crippen LogP contribution is -2.34. The molecule has 0 aliphatic carbocycles. The number of anilines is 1. The summed E-state index contributed by atoms with van der Waals surface area (Å²) in [4.78, 5) is 12.7. The summed E-state index contributed by atoms with van der Waals surface area (Å²) < 4.78 is 21.5. The van der Waals surface area contributed by atoms with Crippen LogP contribution in [0.4, 0.5) is 5.69 Å². The third-order valence-electron chi connectivity index (χ3n) is 4.39. The van der Waals surface area contributed by atoms with Crippen LogP contribution in [-0.4, -0.2) is 24.2 Å². The molecule has 1 heterocycles. The predicted molar refractivity (Wildman–Crippen MR) is 125 cm³/mol. The zero-order chi connectivity index (χ0) is 22.9. The maximum absolute atomic E-state index is 14.2. The van der Waals surface area contributed by atoms with Gasteiger partial charge in [0.05, 0.1) is 15.9 Å². The summed E-state index contributed by atoms with van der Waals surface area (Å²) >= 11 is 1.09. The molecule has 5 nitrogen and oxygen atoms in total. The van der Waals surface area contributed by atoms with Crippen LogP contribution in [0.25, 0.3) is 0 Å². The maximum Gasteiger partial charge on any atom is 0.348 e. The van der Waals surface area contributed by atoms with Gasteiger partial charge in [0.1, 0.15) is 4.88 Å². The Morgan fingerprint density at radius 1 is 1.23 bits per heavy atom. The van der Waals surface area contributed by atoms with Crippen LogP contribution >= 0.6 is 18.9 Å². The molecule has 30 heavy (non-hydrogen) atoms. The van der Waals surface area contributed by atoms with E-state index < -0.39 is 13.5 Å². The standard InChI is InChI=1S/C23H30NO4PS/c1-15(2)24(29(27,28-8)20-10-9-16(3)13-17(20)4)19-14-18(11-12-23(5,6)7)30-21(19)22(25)26/h9-10,13-15H,1-8H3,(H,25,26). The zero-order valence-corrected chi connectivity index (χ0v) is 20.6. The van der Waals surface area contributed by atoms with Gasteiger partial charge in [-0.3, -0.25) is 9.24 Å². The molecule has 2 rings (SSSR count). The van der Waals surface area contributed by atoms with Crippen LogP contribution in [0.5, 0.6) is 0 Å². The molecule has 1 N–H and O–H groups in total. The topological polar surface area (TPSA) is 66.8 Å². The molecule has 0 aliphatic heterocycles. The number of carboxylic acids is 1. The number of thiophene rings is 1. The van der Waals surface area contributed by atoms with Crippen LogP contribution < -0.4 is 9.97 Å². The summed E-state index contributed by atoms with van der Waals surface area (Å²) in [5.74, 6) is 5.13. The second-order valence-corrected chi connectivity index (χ2v) is 11.9. The van der Waals surface area contributed by atoms with Gasteiger partial charge in [0.2, 0.25) is 0 Å². The minimum absolute atomic E-state index is 0.101. The molecule has 1 aromatic carbocycles. The Hall–Kier alpha value is -2.06. The fraction of sp³-hybridized carbons (Fsp3) is 0.435. The van der Waals surface area contributed by atoms with E-state index in [1.54, 1.807) is 16.8 Å². The van der Waals surface area contributed by atoms with Crippen molar-refractivity contribution in [3.8, 4) is 11.8 Å². The Balaban J connectivity index is 2.74. The Morgan fingerprint density at radius 3 is 2.33 bits per heavy atom. The molecule has 0 saturated carbocycles. The number of carbonyl (C=O) groups is 1. The summed E-state index contributed by atoms with van der Waals surface area (Å²) in [5, 5.41) is 10.4. The molecule has 0 aliphatic rings. The van der Waals surface area contributed by atoms with Gasteiger partial charge in [-0.2, -0.15) is 0 Å². The fourth-order valence-electron chi connectivity index (χ4n) is 3.16. The maximum atomic E-state index is 14.2. The fourth-order valence-corrected chi connectivity index (χ4v) is 6.50. The van der Waals surface area contributed by atoms with Gasteiger partial charge in [-0.1, -0.05) is 29.5 Å². The third-order valence-corrected chi connectivity index (χ3v) is 8.27. The second kappa shape index (κ2) is 8.98. The normalized spacial score (nSPS) is 13.5. The molecule has 1 atom stereocenters. The quantitative estimate of drug-likeness (QED) is 0.445. The van der Waals surface area contributed by atoms with Crippen LogP contribution in [0.2, 0.25) is 0 Å². The van der Waals surface area contributed by atoms with Crippen molar-refractivity contribution in [2.24, 2.45) is 5.41 Å². The Labute approximate surface area is 183 Å². The molecule has 0 spiro atoms. The highest BCUT2D eigenvalue weighted by atomic mass is 32.1. The van der Waals surface area contributed by atoms with Crippen molar-refractivity contribution in [3.63, 3.8) is 0 Å². The van der Waals surface area contributed by atoms with Crippen LogP contribution in [0.3, 0.4) is 0 Å². The van der Waals surface area contributed by atoms with E-state index in [9.17, 15) is 14.5 Å². The largest absolute Gasteiger partial charge is 0.477 e. The van der Waals surface area contributed by atoms with Gasteiger partial charge in [0, 0.05) is 18.6 Å². The lowest BCUT2D eigenvalue weighted by atomic mass is 9.98. The Bertz CT molecular complexity index is 1050. The first-order valence-electron chi connectivity index (χ1n) is 9.73. The van der Waals surface area contributed by atoms with Gasteiger partial charge in [0.15, 0.2) is 0 Å². The van der Waals surface area contributed by atoms with Gasteiger partial charge in [-0.25, -0.2) is 4.79 Å². The number of benzene rings is 1. The molecule has 0 bridgehead atoms. The highest BCUT2D eigenvalue weighted by Crippen LogP contribution is 2.55. The first-order chi connectivity index (χ1) is 13.8.